The Morgan fingerprint density at radius 3 is 2.76 bits per heavy atom. The molecule has 0 saturated carbocycles. The maximum atomic E-state index is 12.4. The molecule has 17 heavy (non-hydrogen) atoms. The molecule has 2 heterocycles. The quantitative estimate of drug-likeness (QED) is 0.823. The first-order chi connectivity index (χ1) is 7.88. The average molecular weight is 247 g/mol. The van der Waals surface area contributed by atoms with Gasteiger partial charge in [-0.05, 0) is 18.9 Å². The number of ether oxygens (including phenoxy) is 1. The number of aryl methyl sites for hydroxylation is 1. The first-order valence-electron chi connectivity index (χ1n) is 4.84. The van der Waals surface area contributed by atoms with E-state index in [2.05, 4.69) is 4.98 Å². The van der Waals surface area contributed by atoms with Crippen molar-refractivity contribution in [3.8, 4) is 5.88 Å². The minimum Gasteiger partial charge on any atom is -0.479 e. The molecule has 92 valence electrons. The van der Waals surface area contributed by atoms with Crippen molar-refractivity contribution >= 4 is 5.97 Å². The second-order valence-electron chi connectivity index (χ2n) is 3.64. The Labute approximate surface area is 94.0 Å². The van der Waals surface area contributed by atoms with Gasteiger partial charge in [-0.2, -0.15) is 13.2 Å². The molecule has 7 heteroatoms. The topological polar surface area (TPSA) is 59.4 Å². The molecule has 0 amide bonds. The van der Waals surface area contributed by atoms with Crippen molar-refractivity contribution in [1.82, 2.24) is 4.98 Å². The molecule has 0 radical (unpaired) electrons. The number of carboxylic acid groups (broad SMARTS) is 1. The average Bonchev–Trinajstić information content (AvgIpc) is 2.26. The zero-order valence-electron chi connectivity index (χ0n) is 8.49. The number of carboxylic acids is 1. The number of aromatic nitrogens is 1. The van der Waals surface area contributed by atoms with Crippen LogP contribution in [0.3, 0.4) is 0 Å². The third-order valence-electron chi connectivity index (χ3n) is 2.43. The van der Waals surface area contributed by atoms with E-state index in [9.17, 15) is 18.0 Å². The van der Waals surface area contributed by atoms with Crippen LogP contribution >= 0.6 is 0 Å². The zero-order valence-corrected chi connectivity index (χ0v) is 8.49. The first kappa shape index (κ1) is 11.7. The molecule has 0 bridgehead atoms. The van der Waals surface area contributed by atoms with Gasteiger partial charge >= 0.3 is 12.1 Å². The molecule has 4 nitrogen and oxygen atoms in total. The Balaban J connectivity index is 2.32. The molecule has 1 aromatic rings. The highest BCUT2D eigenvalue weighted by Gasteiger charge is 2.35. The molecule has 1 N–H and O–H groups in total. The second kappa shape index (κ2) is 3.90. The maximum Gasteiger partial charge on any atom is 0.433 e. The normalized spacial score (nSPS) is 19.4. The van der Waals surface area contributed by atoms with Crippen LogP contribution in [0, 0.1) is 0 Å². The monoisotopic (exact) mass is 247 g/mol. The highest BCUT2D eigenvalue weighted by Crippen LogP contribution is 2.32. The minimum absolute atomic E-state index is 0.232. The summed E-state index contributed by atoms with van der Waals surface area (Å²) in [7, 11) is 0. The van der Waals surface area contributed by atoms with Crippen LogP contribution in [-0.2, 0) is 17.4 Å². The molecule has 0 spiro atoms. The summed E-state index contributed by atoms with van der Waals surface area (Å²) in [5, 5.41) is 8.72. The molecule has 1 aromatic heterocycles. The van der Waals surface area contributed by atoms with E-state index in [0.717, 1.165) is 6.07 Å². The van der Waals surface area contributed by atoms with Crippen LogP contribution in [-0.4, -0.2) is 22.2 Å². The van der Waals surface area contributed by atoms with Crippen molar-refractivity contribution in [3.05, 3.63) is 23.4 Å². The van der Waals surface area contributed by atoms with E-state index >= 15 is 0 Å². The number of hydrogen-bond acceptors (Lipinski definition) is 3. The van der Waals surface area contributed by atoms with Gasteiger partial charge in [0.15, 0.2) is 6.10 Å². The van der Waals surface area contributed by atoms with Gasteiger partial charge in [0.1, 0.15) is 5.69 Å². The maximum absolute atomic E-state index is 12.4. The molecule has 0 fully saturated rings. The Morgan fingerprint density at radius 1 is 1.47 bits per heavy atom. The number of aliphatic carboxylic acids is 1. The predicted octanol–water partition coefficient (Wildman–Crippen LogP) is 1.88. The van der Waals surface area contributed by atoms with Crippen molar-refractivity contribution in [1.29, 1.82) is 0 Å². The fraction of sp³-hybridized carbons (Fsp3) is 0.400. The van der Waals surface area contributed by atoms with E-state index in [1.807, 2.05) is 0 Å². The SMILES string of the molecule is O=C(O)C1CCc2ccc(C(F)(F)F)nc2O1. The Bertz CT molecular complexity index is 459. The molecular formula is C10H8F3NO3. The van der Waals surface area contributed by atoms with Gasteiger partial charge in [0.2, 0.25) is 5.88 Å². The van der Waals surface area contributed by atoms with E-state index in [0.29, 0.717) is 12.0 Å². The number of alkyl halides is 3. The number of carbonyl (C=O) groups is 1. The van der Waals surface area contributed by atoms with Gasteiger partial charge < -0.3 is 9.84 Å². The van der Waals surface area contributed by atoms with Gasteiger partial charge in [-0.25, -0.2) is 9.78 Å². The number of nitrogens with zero attached hydrogens (tertiary/aromatic N) is 1. The van der Waals surface area contributed by atoms with Crippen molar-refractivity contribution in [2.45, 2.75) is 25.1 Å². The third-order valence-corrected chi connectivity index (χ3v) is 2.43. The Kier molecular flexibility index (Phi) is 2.68. The van der Waals surface area contributed by atoms with E-state index in [4.69, 9.17) is 9.84 Å². The van der Waals surface area contributed by atoms with Crippen LogP contribution in [0.2, 0.25) is 0 Å². The molecule has 2 rings (SSSR count). The van der Waals surface area contributed by atoms with Gasteiger partial charge in [0.05, 0.1) is 0 Å². The number of fused-ring (bicyclic) bond motifs is 1. The minimum atomic E-state index is -4.56. The summed E-state index contributed by atoms with van der Waals surface area (Å²) in [6.45, 7) is 0. The third kappa shape index (κ3) is 2.32. The van der Waals surface area contributed by atoms with Crippen molar-refractivity contribution < 1.29 is 27.8 Å². The first-order valence-corrected chi connectivity index (χ1v) is 4.84. The Morgan fingerprint density at radius 2 is 2.18 bits per heavy atom. The van der Waals surface area contributed by atoms with Gasteiger partial charge in [0.25, 0.3) is 0 Å². The van der Waals surface area contributed by atoms with Crippen LogP contribution in [0.1, 0.15) is 17.7 Å². The van der Waals surface area contributed by atoms with Gasteiger partial charge in [-0.1, -0.05) is 6.07 Å². The number of halogens is 3. The fourth-order valence-corrected chi connectivity index (χ4v) is 1.57. The Hall–Kier alpha value is -1.79. The molecule has 1 aliphatic heterocycles. The van der Waals surface area contributed by atoms with Crippen LogP contribution < -0.4 is 4.74 Å². The van der Waals surface area contributed by atoms with E-state index in [1.165, 1.54) is 6.07 Å². The van der Waals surface area contributed by atoms with Crippen molar-refractivity contribution in [2.75, 3.05) is 0 Å². The molecular weight excluding hydrogens is 239 g/mol. The lowest BCUT2D eigenvalue weighted by Crippen LogP contribution is -2.31. The molecule has 0 aromatic carbocycles. The summed E-state index contributed by atoms with van der Waals surface area (Å²) >= 11 is 0. The lowest BCUT2D eigenvalue weighted by Gasteiger charge is -2.22. The van der Waals surface area contributed by atoms with Crippen LogP contribution in [0.25, 0.3) is 0 Å². The highest BCUT2D eigenvalue weighted by atomic mass is 19.4. The van der Waals surface area contributed by atoms with E-state index in [-0.39, 0.29) is 12.3 Å². The van der Waals surface area contributed by atoms with Crippen LogP contribution in [0.4, 0.5) is 13.2 Å². The summed E-state index contributed by atoms with van der Waals surface area (Å²) < 4.78 is 42.1. The predicted molar refractivity (Wildman–Crippen MR) is 49.6 cm³/mol. The fourth-order valence-electron chi connectivity index (χ4n) is 1.57. The molecule has 1 unspecified atom stereocenters. The molecule has 0 aliphatic carbocycles. The lowest BCUT2D eigenvalue weighted by molar-refractivity contribution is -0.146. The zero-order chi connectivity index (χ0) is 12.6. The van der Waals surface area contributed by atoms with Gasteiger partial charge in [0, 0.05) is 5.56 Å². The largest absolute Gasteiger partial charge is 0.479 e. The molecule has 1 aliphatic rings. The van der Waals surface area contributed by atoms with E-state index < -0.39 is 23.9 Å². The van der Waals surface area contributed by atoms with Crippen molar-refractivity contribution in [2.24, 2.45) is 0 Å². The molecule has 0 saturated heterocycles. The second-order valence-corrected chi connectivity index (χ2v) is 3.64. The summed E-state index contributed by atoms with van der Waals surface area (Å²) in [5.41, 5.74) is -0.585. The number of hydrogen-bond donors (Lipinski definition) is 1. The van der Waals surface area contributed by atoms with Crippen LogP contribution in [0.5, 0.6) is 5.88 Å². The van der Waals surface area contributed by atoms with E-state index in [1.54, 1.807) is 0 Å². The summed E-state index contributed by atoms with van der Waals surface area (Å²) in [4.78, 5) is 14.0. The summed E-state index contributed by atoms with van der Waals surface area (Å²) in [6, 6.07) is 2.13. The number of pyridine rings is 1. The smallest absolute Gasteiger partial charge is 0.433 e. The molecule has 1 atom stereocenters. The standard InChI is InChI=1S/C10H8F3NO3/c11-10(12,13)7-4-2-5-1-3-6(9(15)16)17-8(5)14-7/h2,4,6H,1,3H2,(H,15,16). The van der Waals surface area contributed by atoms with Crippen LogP contribution in [0.15, 0.2) is 12.1 Å². The summed E-state index contributed by atoms with van der Waals surface area (Å²) in [6.07, 6.45) is -5.11. The number of rotatable bonds is 1. The van der Waals surface area contributed by atoms with Gasteiger partial charge in [-0.3, -0.25) is 0 Å². The van der Waals surface area contributed by atoms with Gasteiger partial charge in [-0.15, -0.1) is 0 Å². The van der Waals surface area contributed by atoms with Crippen molar-refractivity contribution in [3.63, 3.8) is 0 Å². The summed E-state index contributed by atoms with van der Waals surface area (Å²) in [5.74, 6) is -1.44. The highest BCUT2D eigenvalue weighted by molar-refractivity contribution is 5.73. The lowest BCUT2D eigenvalue weighted by atomic mass is 10.0.